The van der Waals surface area contributed by atoms with E-state index in [9.17, 15) is 0 Å². The Bertz CT molecular complexity index is 706. The molecule has 0 unspecified atom stereocenters. The van der Waals surface area contributed by atoms with Gasteiger partial charge in [0.2, 0.25) is 0 Å². The Labute approximate surface area is 129 Å². The van der Waals surface area contributed by atoms with Crippen molar-refractivity contribution in [2.24, 2.45) is 0 Å². The van der Waals surface area contributed by atoms with Gasteiger partial charge in [-0.05, 0) is 30.7 Å². The van der Waals surface area contributed by atoms with Crippen molar-refractivity contribution in [2.45, 2.75) is 13.3 Å². The highest BCUT2D eigenvalue weighted by atomic mass is 15.1. The third-order valence-electron chi connectivity index (χ3n) is 3.17. The fourth-order valence-corrected chi connectivity index (χ4v) is 2.05. The second-order valence-electron chi connectivity index (χ2n) is 4.86. The molecule has 0 bridgehead atoms. The quantitative estimate of drug-likeness (QED) is 0.730. The second kappa shape index (κ2) is 6.71. The van der Waals surface area contributed by atoms with Gasteiger partial charge < -0.3 is 15.2 Å². The smallest absolute Gasteiger partial charge is 0.135 e. The van der Waals surface area contributed by atoms with E-state index >= 15 is 0 Å². The SMILES string of the molecule is CCCNc1cc(Nc2ccc(-n3ccnc3)cc2)ncn1. The zero-order chi connectivity index (χ0) is 15.2. The zero-order valence-electron chi connectivity index (χ0n) is 12.4. The third-order valence-corrected chi connectivity index (χ3v) is 3.17. The van der Waals surface area contributed by atoms with Gasteiger partial charge in [-0.3, -0.25) is 0 Å². The summed E-state index contributed by atoms with van der Waals surface area (Å²) in [6, 6.07) is 9.98. The number of benzene rings is 1. The molecule has 6 nitrogen and oxygen atoms in total. The van der Waals surface area contributed by atoms with E-state index in [1.165, 1.54) is 0 Å². The predicted molar refractivity (Wildman–Crippen MR) is 87.7 cm³/mol. The minimum atomic E-state index is 0.768. The van der Waals surface area contributed by atoms with E-state index in [2.05, 4.69) is 32.5 Å². The first-order valence-corrected chi connectivity index (χ1v) is 7.26. The molecule has 3 rings (SSSR count). The van der Waals surface area contributed by atoms with Gasteiger partial charge in [-0.1, -0.05) is 6.92 Å². The first kappa shape index (κ1) is 14.1. The summed E-state index contributed by atoms with van der Waals surface area (Å²) in [6.07, 6.45) is 8.07. The summed E-state index contributed by atoms with van der Waals surface area (Å²) in [5.41, 5.74) is 2.04. The lowest BCUT2D eigenvalue weighted by atomic mass is 10.2. The molecular weight excluding hydrogens is 276 g/mol. The molecule has 1 aromatic carbocycles. The lowest BCUT2D eigenvalue weighted by Gasteiger charge is -2.09. The summed E-state index contributed by atoms with van der Waals surface area (Å²) in [5.74, 6) is 1.60. The van der Waals surface area contributed by atoms with Crippen molar-refractivity contribution in [3.63, 3.8) is 0 Å². The topological polar surface area (TPSA) is 67.7 Å². The average Bonchev–Trinajstić information content (AvgIpc) is 3.08. The van der Waals surface area contributed by atoms with Gasteiger partial charge in [-0.2, -0.15) is 0 Å². The molecule has 0 aliphatic carbocycles. The summed E-state index contributed by atoms with van der Waals surface area (Å²) in [4.78, 5) is 12.5. The third kappa shape index (κ3) is 3.41. The Morgan fingerprint density at radius 2 is 1.91 bits per heavy atom. The first-order chi connectivity index (χ1) is 10.8. The summed E-state index contributed by atoms with van der Waals surface area (Å²) >= 11 is 0. The first-order valence-electron chi connectivity index (χ1n) is 7.26. The number of rotatable bonds is 6. The van der Waals surface area contributed by atoms with Gasteiger partial charge in [0.1, 0.15) is 18.0 Å². The molecule has 2 aromatic heterocycles. The van der Waals surface area contributed by atoms with Crippen molar-refractivity contribution in [3.05, 3.63) is 55.4 Å². The van der Waals surface area contributed by atoms with Gasteiger partial charge in [-0.15, -0.1) is 0 Å². The van der Waals surface area contributed by atoms with Gasteiger partial charge in [-0.25, -0.2) is 15.0 Å². The molecule has 0 radical (unpaired) electrons. The normalized spacial score (nSPS) is 10.4. The Morgan fingerprint density at radius 3 is 2.64 bits per heavy atom. The van der Waals surface area contributed by atoms with Crippen LogP contribution in [0.2, 0.25) is 0 Å². The van der Waals surface area contributed by atoms with Crippen LogP contribution in [0.4, 0.5) is 17.3 Å². The van der Waals surface area contributed by atoms with E-state index in [1.54, 1.807) is 18.9 Å². The summed E-state index contributed by atoms with van der Waals surface area (Å²) in [6.45, 7) is 3.02. The molecule has 3 aromatic rings. The number of nitrogens with one attached hydrogen (secondary N) is 2. The molecule has 0 spiro atoms. The van der Waals surface area contributed by atoms with Gasteiger partial charge in [0.05, 0.1) is 6.33 Å². The van der Waals surface area contributed by atoms with E-state index in [4.69, 9.17) is 0 Å². The molecule has 112 valence electrons. The molecule has 0 saturated carbocycles. The van der Waals surface area contributed by atoms with Gasteiger partial charge in [0.25, 0.3) is 0 Å². The van der Waals surface area contributed by atoms with Gasteiger partial charge in [0.15, 0.2) is 0 Å². The van der Waals surface area contributed by atoms with E-state index in [1.807, 2.05) is 41.1 Å². The van der Waals surface area contributed by atoms with Crippen LogP contribution in [0.5, 0.6) is 0 Å². The maximum absolute atomic E-state index is 4.24. The molecule has 0 aliphatic heterocycles. The van der Waals surface area contributed by atoms with Crippen LogP contribution in [0, 0.1) is 0 Å². The maximum atomic E-state index is 4.24. The van der Waals surface area contributed by atoms with Crippen LogP contribution < -0.4 is 10.6 Å². The fourth-order valence-electron chi connectivity index (χ4n) is 2.05. The molecule has 0 fully saturated rings. The molecule has 0 aliphatic rings. The molecule has 0 saturated heterocycles. The Kier molecular flexibility index (Phi) is 4.29. The minimum Gasteiger partial charge on any atom is -0.370 e. The van der Waals surface area contributed by atoms with Crippen LogP contribution in [-0.4, -0.2) is 26.1 Å². The van der Waals surface area contributed by atoms with Crippen LogP contribution in [0.1, 0.15) is 13.3 Å². The largest absolute Gasteiger partial charge is 0.370 e. The second-order valence-corrected chi connectivity index (χ2v) is 4.86. The average molecular weight is 294 g/mol. The van der Waals surface area contributed by atoms with Crippen LogP contribution in [0.15, 0.2) is 55.4 Å². The van der Waals surface area contributed by atoms with E-state index in [-0.39, 0.29) is 0 Å². The molecule has 2 heterocycles. The molecule has 0 amide bonds. The van der Waals surface area contributed by atoms with Crippen molar-refractivity contribution >= 4 is 17.3 Å². The fraction of sp³-hybridized carbons (Fsp3) is 0.188. The Balaban J connectivity index is 1.70. The highest BCUT2D eigenvalue weighted by molar-refractivity contribution is 5.60. The number of nitrogens with zero attached hydrogens (tertiary/aromatic N) is 4. The highest BCUT2D eigenvalue weighted by Gasteiger charge is 2.00. The monoisotopic (exact) mass is 294 g/mol. The van der Waals surface area contributed by atoms with Crippen LogP contribution in [0.3, 0.4) is 0 Å². The zero-order valence-corrected chi connectivity index (χ0v) is 12.4. The highest BCUT2D eigenvalue weighted by Crippen LogP contribution is 2.18. The van der Waals surface area contributed by atoms with E-state index in [0.717, 1.165) is 36.0 Å². The Hall–Kier alpha value is -2.89. The molecule has 0 atom stereocenters. The molecule has 6 heteroatoms. The Morgan fingerprint density at radius 1 is 1.09 bits per heavy atom. The standard InChI is InChI=1S/C16H18N6/c1-2-7-18-15-10-16(20-11-19-15)21-13-3-5-14(6-4-13)22-9-8-17-12-22/h3-6,8-12H,2,7H2,1H3,(H2,18,19,20,21). The lowest BCUT2D eigenvalue weighted by Crippen LogP contribution is -2.03. The number of anilines is 3. The minimum absolute atomic E-state index is 0.768. The number of aromatic nitrogens is 4. The number of imidazole rings is 1. The van der Waals surface area contributed by atoms with Crippen molar-refractivity contribution in [1.29, 1.82) is 0 Å². The lowest BCUT2D eigenvalue weighted by molar-refractivity contribution is 0.965. The molecular formula is C16H18N6. The van der Waals surface area contributed by atoms with E-state index < -0.39 is 0 Å². The van der Waals surface area contributed by atoms with Crippen LogP contribution in [-0.2, 0) is 0 Å². The van der Waals surface area contributed by atoms with E-state index in [0.29, 0.717) is 0 Å². The van der Waals surface area contributed by atoms with Crippen molar-refractivity contribution in [2.75, 3.05) is 17.2 Å². The molecule has 2 N–H and O–H groups in total. The van der Waals surface area contributed by atoms with Crippen LogP contribution >= 0.6 is 0 Å². The van der Waals surface area contributed by atoms with Gasteiger partial charge >= 0.3 is 0 Å². The molecule has 22 heavy (non-hydrogen) atoms. The van der Waals surface area contributed by atoms with Crippen molar-refractivity contribution in [3.8, 4) is 5.69 Å². The summed E-state index contributed by atoms with van der Waals surface area (Å²) in [5, 5.41) is 6.52. The van der Waals surface area contributed by atoms with Crippen LogP contribution in [0.25, 0.3) is 5.69 Å². The van der Waals surface area contributed by atoms with Crippen molar-refractivity contribution in [1.82, 2.24) is 19.5 Å². The summed E-state index contributed by atoms with van der Waals surface area (Å²) in [7, 11) is 0. The predicted octanol–water partition coefficient (Wildman–Crippen LogP) is 3.23. The summed E-state index contributed by atoms with van der Waals surface area (Å²) < 4.78 is 1.96. The number of hydrogen-bond acceptors (Lipinski definition) is 5. The van der Waals surface area contributed by atoms with Crippen molar-refractivity contribution < 1.29 is 0 Å². The van der Waals surface area contributed by atoms with Gasteiger partial charge in [0, 0.05) is 36.4 Å². The maximum Gasteiger partial charge on any atom is 0.135 e. The number of hydrogen-bond donors (Lipinski definition) is 2.